The van der Waals surface area contributed by atoms with Gasteiger partial charge in [0, 0.05) is 19.3 Å². The number of carbonyl (C=O) groups excluding carboxylic acids is 3. The number of carbonyl (C=O) groups is 3. The van der Waals surface area contributed by atoms with Gasteiger partial charge in [-0.25, -0.2) is 0 Å². The molecule has 0 aromatic carbocycles. The van der Waals surface area contributed by atoms with E-state index >= 15 is 0 Å². The van der Waals surface area contributed by atoms with Crippen molar-refractivity contribution < 1.29 is 28.6 Å². The molecule has 0 radical (unpaired) electrons. The maximum absolute atomic E-state index is 12.9. The first kappa shape index (κ1) is 73.2. The molecule has 6 heteroatoms. The van der Waals surface area contributed by atoms with Crippen LogP contribution in [0.2, 0.25) is 0 Å². The fourth-order valence-electron chi connectivity index (χ4n) is 7.56. The molecular weight excluding hydrogens is 973 g/mol. The minimum absolute atomic E-state index is 0.127. The van der Waals surface area contributed by atoms with Crippen molar-refractivity contribution in [3.05, 3.63) is 194 Å². The van der Waals surface area contributed by atoms with Crippen LogP contribution >= 0.6 is 0 Å². The third kappa shape index (κ3) is 63.0. The molecule has 1 atom stereocenters. The van der Waals surface area contributed by atoms with Crippen LogP contribution in [0.1, 0.15) is 226 Å². The van der Waals surface area contributed by atoms with Crippen molar-refractivity contribution in [1.29, 1.82) is 0 Å². The predicted molar refractivity (Wildman–Crippen MR) is 343 cm³/mol. The van der Waals surface area contributed by atoms with E-state index in [9.17, 15) is 14.4 Å². The molecule has 0 amide bonds. The van der Waals surface area contributed by atoms with Gasteiger partial charge in [0.25, 0.3) is 0 Å². The summed E-state index contributed by atoms with van der Waals surface area (Å²) >= 11 is 0. The molecule has 0 rings (SSSR count). The molecule has 438 valence electrons. The molecule has 0 aliphatic carbocycles. The molecule has 0 fully saturated rings. The Morgan fingerprint density at radius 1 is 0.253 bits per heavy atom. The second-order valence-electron chi connectivity index (χ2n) is 19.5. The Balaban J connectivity index is 4.59. The Kier molecular flexibility index (Phi) is 60.1. The quantitative estimate of drug-likeness (QED) is 0.0261. The van der Waals surface area contributed by atoms with Gasteiger partial charge in [-0.1, -0.05) is 241 Å². The normalized spacial score (nSPS) is 13.5. The van der Waals surface area contributed by atoms with E-state index in [0.717, 1.165) is 180 Å². The molecule has 0 aliphatic heterocycles. The van der Waals surface area contributed by atoms with Crippen molar-refractivity contribution in [3.63, 3.8) is 0 Å². The molecule has 0 aromatic heterocycles. The molecule has 0 saturated heterocycles. The predicted octanol–water partition coefficient (Wildman–Crippen LogP) is 21.4. The molecule has 0 aromatic rings. The van der Waals surface area contributed by atoms with Gasteiger partial charge in [-0.05, 0) is 161 Å². The van der Waals surface area contributed by atoms with E-state index < -0.39 is 6.10 Å². The van der Waals surface area contributed by atoms with Crippen molar-refractivity contribution in [2.45, 2.75) is 232 Å². The molecule has 0 spiro atoms. The highest BCUT2D eigenvalue weighted by atomic mass is 16.6. The average molecular weight is 1080 g/mol. The molecule has 0 aliphatic rings. The fourth-order valence-corrected chi connectivity index (χ4v) is 7.56. The monoisotopic (exact) mass is 1080 g/mol. The van der Waals surface area contributed by atoms with Crippen molar-refractivity contribution in [2.24, 2.45) is 0 Å². The van der Waals surface area contributed by atoms with Gasteiger partial charge in [-0.15, -0.1) is 0 Å². The highest BCUT2D eigenvalue weighted by molar-refractivity contribution is 5.71. The molecule has 0 saturated carbocycles. The fraction of sp³-hybridized carbons (Fsp3) is 0.521. The van der Waals surface area contributed by atoms with Crippen LogP contribution in [0.5, 0.6) is 0 Å². The first-order chi connectivity index (χ1) is 39.0. The number of ether oxygens (including phenoxy) is 3. The molecule has 6 nitrogen and oxygen atoms in total. The summed E-state index contributed by atoms with van der Waals surface area (Å²) in [6, 6.07) is 0. The highest BCUT2D eigenvalue weighted by Crippen LogP contribution is 2.12. The van der Waals surface area contributed by atoms with Gasteiger partial charge in [0.05, 0.1) is 0 Å². The van der Waals surface area contributed by atoms with Crippen LogP contribution in [0.25, 0.3) is 0 Å². The topological polar surface area (TPSA) is 78.9 Å². The van der Waals surface area contributed by atoms with Crippen LogP contribution < -0.4 is 0 Å². The lowest BCUT2D eigenvalue weighted by Gasteiger charge is -2.18. The Bertz CT molecular complexity index is 1920. The number of esters is 3. The van der Waals surface area contributed by atoms with Gasteiger partial charge < -0.3 is 14.2 Å². The van der Waals surface area contributed by atoms with Gasteiger partial charge >= 0.3 is 17.9 Å². The minimum atomic E-state index is -0.837. The Hall–Kier alpha value is -5.75. The minimum Gasteiger partial charge on any atom is -0.462 e. The lowest BCUT2D eigenvalue weighted by atomic mass is 10.1. The van der Waals surface area contributed by atoms with Crippen LogP contribution in [-0.4, -0.2) is 37.2 Å². The summed E-state index contributed by atoms with van der Waals surface area (Å²) in [5.41, 5.74) is 0. The summed E-state index contributed by atoms with van der Waals surface area (Å²) in [5.74, 6) is -1.03. The third-order valence-corrected chi connectivity index (χ3v) is 12.1. The first-order valence-corrected chi connectivity index (χ1v) is 30.9. The summed E-state index contributed by atoms with van der Waals surface area (Å²) in [4.78, 5) is 38.3. The summed E-state index contributed by atoms with van der Waals surface area (Å²) < 4.78 is 16.8. The number of hydrogen-bond donors (Lipinski definition) is 0. The summed E-state index contributed by atoms with van der Waals surface area (Å²) in [6.07, 6.45) is 98.5. The van der Waals surface area contributed by atoms with Gasteiger partial charge in [0.15, 0.2) is 6.10 Å². The van der Waals surface area contributed by atoms with E-state index in [1.165, 1.54) is 0 Å². The van der Waals surface area contributed by atoms with Crippen LogP contribution in [0, 0.1) is 0 Å². The van der Waals surface area contributed by atoms with Crippen LogP contribution in [-0.2, 0) is 28.6 Å². The standard InChI is InChI=1S/C73H110O6/c1-4-7-10-13-16-19-22-25-28-30-32-34-35-36-37-39-40-42-45-48-51-54-57-60-63-66-72(75)78-69-70(68-77-71(74)65-62-59-56-53-50-47-44-27-24-21-18-15-12-9-6-3)79-73(76)67-64-61-58-55-52-49-46-43-41-38-33-31-29-26-23-20-17-14-11-8-5-2/h7-12,16-21,25-29,32-34,36-38,40,42-44,46,48,51-52,55,70H,4-6,13-15,22-24,30-31,35,39,41,45,47,49-50,53-54,56-69H2,1-3H3/b10-7-,11-8-,12-9-,19-16-,20-17-,21-18-,28-25-,29-26-,34-32-,37-36-,38-33-,42-40-,44-27-,46-43-,51-48-,55-52-. The van der Waals surface area contributed by atoms with Crippen LogP contribution in [0.15, 0.2) is 194 Å². The molecule has 0 N–H and O–H groups in total. The zero-order valence-corrected chi connectivity index (χ0v) is 50.0. The van der Waals surface area contributed by atoms with Gasteiger partial charge in [0.1, 0.15) is 13.2 Å². The number of unbranched alkanes of at least 4 members (excludes halogenated alkanes) is 10. The van der Waals surface area contributed by atoms with Crippen molar-refractivity contribution >= 4 is 17.9 Å². The molecule has 0 heterocycles. The van der Waals surface area contributed by atoms with Crippen LogP contribution in [0.4, 0.5) is 0 Å². The first-order valence-electron chi connectivity index (χ1n) is 30.9. The average Bonchev–Trinajstić information content (AvgIpc) is 3.45. The molecule has 79 heavy (non-hydrogen) atoms. The van der Waals surface area contributed by atoms with E-state index in [-0.39, 0.29) is 37.5 Å². The summed E-state index contributed by atoms with van der Waals surface area (Å²) in [5, 5.41) is 0. The van der Waals surface area contributed by atoms with Gasteiger partial charge in [-0.2, -0.15) is 0 Å². The summed E-state index contributed by atoms with van der Waals surface area (Å²) in [6.45, 7) is 6.20. The maximum Gasteiger partial charge on any atom is 0.306 e. The number of hydrogen-bond acceptors (Lipinski definition) is 6. The highest BCUT2D eigenvalue weighted by Gasteiger charge is 2.19. The van der Waals surface area contributed by atoms with E-state index in [2.05, 4.69) is 215 Å². The van der Waals surface area contributed by atoms with Gasteiger partial charge in [0.2, 0.25) is 0 Å². The number of allylic oxidation sites excluding steroid dienone is 32. The second-order valence-corrected chi connectivity index (χ2v) is 19.5. The number of rotatable bonds is 53. The van der Waals surface area contributed by atoms with Crippen molar-refractivity contribution in [3.8, 4) is 0 Å². The van der Waals surface area contributed by atoms with Crippen LogP contribution in [0.3, 0.4) is 0 Å². The lowest BCUT2D eigenvalue weighted by Crippen LogP contribution is -2.30. The third-order valence-electron chi connectivity index (χ3n) is 12.1. The van der Waals surface area contributed by atoms with E-state index in [4.69, 9.17) is 14.2 Å². The van der Waals surface area contributed by atoms with E-state index in [0.29, 0.717) is 19.3 Å². The largest absolute Gasteiger partial charge is 0.462 e. The smallest absolute Gasteiger partial charge is 0.306 e. The van der Waals surface area contributed by atoms with Crippen molar-refractivity contribution in [1.82, 2.24) is 0 Å². The zero-order chi connectivity index (χ0) is 57.1. The Morgan fingerprint density at radius 2 is 0.456 bits per heavy atom. The van der Waals surface area contributed by atoms with Gasteiger partial charge in [-0.3, -0.25) is 14.4 Å². The molecule has 1 unspecified atom stereocenters. The zero-order valence-electron chi connectivity index (χ0n) is 50.0. The lowest BCUT2D eigenvalue weighted by molar-refractivity contribution is -0.167. The SMILES string of the molecule is CC/C=C\C/C=C\C/C=C\C/C=C\C/C=C\C/C=C\C/C=C\CCCCCC(=O)OCC(COC(=O)CCCCCCC/C=C\C/C=C\C/C=C\CC)OC(=O)CCCC/C=C\C/C=C\C/C=C\C/C=C\C/C=C\C/C=C\CC. The Labute approximate surface area is 484 Å². The summed E-state index contributed by atoms with van der Waals surface area (Å²) in [7, 11) is 0. The maximum atomic E-state index is 12.9. The second kappa shape index (κ2) is 64.8. The Morgan fingerprint density at radius 3 is 0.747 bits per heavy atom. The van der Waals surface area contributed by atoms with E-state index in [1.54, 1.807) is 0 Å². The van der Waals surface area contributed by atoms with E-state index in [1.807, 2.05) is 0 Å². The molecular formula is C73H110O6. The van der Waals surface area contributed by atoms with Crippen molar-refractivity contribution in [2.75, 3.05) is 13.2 Å². The molecule has 0 bridgehead atoms.